The van der Waals surface area contributed by atoms with Gasteiger partial charge in [0.2, 0.25) is 5.95 Å². The van der Waals surface area contributed by atoms with Gasteiger partial charge in [-0.05, 0) is 30.3 Å². The number of imidazole rings is 1. The number of nitrogens with zero attached hydrogens (tertiary/aromatic N) is 3. The fourth-order valence-electron chi connectivity index (χ4n) is 2.78. The number of anilines is 3. The van der Waals surface area contributed by atoms with Gasteiger partial charge < -0.3 is 10.6 Å². The van der Waals surface area contributed by atoms with Crippen molar-refractivity contribution in [2.24, 2.45) is 0 Å². The smallest absolute Gasteiger partial charge is 0.208 e. The van der Waals surface area contributed by atoms with E-state index in [1.165, 1.54) is 12.1 Å². The van der Waals surface area contributed by atoms with E-state index in [4.69, 9.17) is 11.6 Å². The number of pyridine rings is 1. The lowest BCUT2D eigenvalue weighted by molar-refractivity contribution is 0.628. The summed E-state index contributed by atoms with van der Waals surface area (Å²) >= 11 is 5.84. The average Bonchev–Trinajstić information content (AvgIpc) is 3.03. The summed E-state index contributed by atoms with van der Waals surface area (Å²) < 4.78 is 15.3. The van der Waals surface area contributed by atoms with Gasteiger partial charge in [-0.1, -0.05) is 29.8 Å². The van der Waals surface area contributed by atoms with Crippen molar-refractivity contribution in [2.45, 2.75) is 0 Å². The molecule has 4 rings (SSSR count). The molecule has 0 spiro atoms. The third-order valence-electron chi connectivity index (χ3n) is 3.97. The number of halogens is 2. The SMILES string of the molecule is CNc1nc2cnc(Nc3ccc(F)c(Cl)c3)cc2n1-c1ccccc1. The molecule has 2 aromatic heterocycles. The van der Waals surface area contributed by atoms with Crippen LogP contribution in [0.3, 0.4) is 0 Å². The van der Waals surface area contributed by atoms with E-state index in [1.54, 1.807) is 12.3 Å². The molecule has 0 atom stereocenters. The Hall–Kier alpha value is -3.12. The van der Waals surface area contributed by atoms with E-state index in [2.05, 4.69) is 20.6 Å². The number of hydrogen-bond donors (Lipinski definition) is 2. The van der Waals surface area contributed by atoms with Crippen LogP contribution in [0.15, 0.2) is 60.8 Å². The molecule has 2 aromatic carbocycles. The number of hydrogen-bond acceptors (Lipinski definition) is 4. The Kier molecular flexibility index (Phi) is 4.18. The second-order valence-electron chi connectivity index (χ2n) is 5.67. The number of aromatic nitrogens is 3. The first-order valence-corrected chi connectivity index (χ1v) is 8.37. The molecule has 0 radical (unpaired) electrons. The first-order chi connectivity index (χ1) is 12.7. The van der Waals surface area contributed by atoms with E-state index in [-0.39, 0.29) is 5.02 Å². The van der Waals surface area contributed by atoms with Crippen LogP contribution in [0.1, 0.15) is 0 Å². The highest BCUT2D eigenvalue weighted by Gasteiger charge is 2.13. The maximum atomic E-state index is 13.3. The number of nitrogens with one attached hydrogen (secondary N) is 2. The summed E-state index contributed by atoms with van der Waals surface area (Å²) in [6, 6.07) is 16.3. The summed E-state index contributed by atoms with van der Waals surface area (Å²) in [7, 11) is 1.83. The first-order valence-electron chi connectivity index (χ1n) is 7.99. The van der Waals surface area contributed by atoms with Gasteiger partial charge in [-0.25, -0.2) is 14.4 Å². The zero-order chi connectivity index (χ0) is 18.1. The van der Waals surface area contributed by atoms with Gasteiger partial charge in [0.25, 0.3) is 0 Å². The van der Waals surface area contributed by atoms with Gasteiger partial charge in [-0.2, -0.15) is 0 Å². The van der Waals surface area contributed by atoms with Crippen molar-refractivity contribution in [3.05, 3.63) is 71.6 Å². The van der Waals surface area contributed by atoms with Crippen LogP contribution in [-0.2, 0) is 0 Å². The summed E-state index contributed by atoms with van der Waals surface area (Å²) in [4.78, 5) is 8.96. The van der Waals surface area contributed by atoms with E-state index < -0.39 is 5.82 Å². The van der Waals surface area contributed by atoms with Crippen LogP contribution in [0.2, 0.25) is 5.02 Å². The second-order valence-corrected chi connectivity index (χ2v) is 6.08. The van der Waals surface area contributed by atoms with Crippen molar-refractivity contribution in [2.75, 3.05) is 17.7 Å². The van der Waals surface area contributed by atoms with Gasteiger partial charge in [0.15, 0.2) is 0 Å². The Balaban J connectivity index is 1.80. The molecule has 0 bridgehead atoms. The maximum absolute atomic E-state index is 13.3. The predicted octanol–water partition coefficient (Wildman–Crippen LogP) is 5.00. The molecule has 5 nitrogen and oxygen atoms in total. The Bertz CT molecular complexity index is 1080. The molecule has 0 saturated heterocycles. The zero-order valence-corrected chi connectivity index (χ0v) is 14.6. The Morgan fingerprint density at radius 1 is 1.08 bits per heavy atom. The zero-order valence-electron chi connectivity index (χ0n) is 13.9. The van der Waals surface area contributed by atoms with E-state index in [1.807, 2.05) is 48.0 Å². The minimum absolute atomic E-state index is 0.0582. The lowest BCUT2D eigenvalue weighted by atomic mass is 10.3. The third-order valence-corrected chi connectivity index (χ3v) is 4.26. The molecule has 0 fully saturated rings. The molecular formula is C19H15ClFN5. The molecule has 4 aromatic rings. The van der Waals surface area contributed by atoms with Crippen molar-refractivity contribution in [3.63, 3.8) is 0 Å². The molecule has 0 aliphatic carbocycles. The summed E-state index contributed by atoms with van der Waals surface area (Å²) in [5.41, 5.74) is 3.30. The summed E-state index contributed by atoms with van der Waals surface area (Å²) in [5.74, 6) is 0.872. The van der Waals surface area contributed by atoms with Crippen molar-refractivity contribution < 1.29 is 4.39 Å². The molecule has 0 amide bonds. The minimum Gasteiger partial charge on any atom is -0.358 e. The van der Waals surface area contributed by atoms with Gasteiger partial charge in [-0.3, -0.25) is 4.57 Å². The second kappa shape index (κ2) is 6.65. The highest BCUT2D eigenvalue weighted by atomic mass is 35.5. The van der Waals surface area contributed by atoms with Gasteiger partial charge in [0, 0.05) is 24.5 Å². The number of fused-ring (bicyclic) bond motifs is 1. The van der Waals surface area contributed by atoms with Crippen LogP contribution in [0.4, 0.5) is 21.8 Å². The highest BCUT2D eigenvalue weighted by molar-refractivity contribution is 6.31. The summed E-state index contributed by atoms with van der Waals surface area (Å²) in [6.07, 6.45) is 1.70. The van der Waals surface area contributed by atoms with E-state index in [0.29, 0.717) is 11.5 Å². The monoisotopic (exact) mass is 367 g/mol. The van der Waals surface area contributed by atoms with Crippen LogP contribution in [0.25, 0.3) is 16.7 Å². The van der Waals surface area contributed by atoms with Crippen LogP contribution in [0, 0.1) is 5.82 Å². The largest absolute Gasteiger partial charge is 0.358 e. The molecule has 7 heteroatoms. The molecular weight excluding hydrogens is 353 g/mol. The van der Waals surface area contributed by atoms with Gasteiger partial charge in [-0.15, -0.1) is 0 Å². The molecule has 130 valence electrons. The van der Waals surface area contributed by atoms with Crippen molar-refractivity contribution >= 4 is 40.1 Å². The predicted molar refractivity (Wildman–Crippen MR) is 103 cm³/mol. The molecule has 0 saturated carbocycles. The Morgan fingerprint density at radius 2 is 1.88 bits per heavy atom. The molecule has 2 N–H and O–H groups in total. The van der Waals surface area contributed by atoms with Crippen LogP contribution < -0.4 is 10.6 Å². The molecule has 26 heavy (non-hydrogen) atoms. The number of para-hydroxylation sites is 1. The van der Waals surface area contributed by atoms with Crippen LogP contribution in [0.5, 0.6) is 0 Å². The third kappa shape index (κ3) is 2.95. The molecule has 2 heterocycles. The van der Waals surface area contributed by atoms with Crippen LogP contribution in [-0.4, -0.2) is 21.6 Å². The number of rotatable bonds is 4. The highest BCUT2D eigenvalue weighted by Crippen LogP contribution is 2.27. The normalized spacial score (nSPS) is 10.9. The fraction of sp³-hybridized carbons (Fsp3) is 0.0526. The van der Waals surface area contributed by atoms with Crippen molar-refractivity contribution in [1.29, 1.82) is 0 Å². The molecule has 0 unspecified atom stereocenters. The Labute approximate surface area is 154 Å². The molecule has 0 aliphatic heterocycles. The number of benzene rings is 2. The minimum atomic E-state index is -0.457. The fourth-order valence-corrected chi connectivity index (χ4v) is 2.96. The van der Waals surface area contributed by atoms with E-state index in [9.17, 15) is 4.39 Å². The standard InChI is InChI=1S/C19H15ClFN5/c1-22-19-25-16-11-23-18(24-12-7-8-15(21)14(20)9-12)10-17(16)26(19)13-5-3-2-4-6-13/h2-11H,1H3,(H,22,25)(H,23,24). The topological polar surface area (TPSA) is 54.8 Å². The average molecular weight is 368 g/mol. The molecule has 0 aliphatic rings. The summed E-state index contributed by atoms with van der Waals surface area (Å²) in [6.45, 7) is 0. The van der Waals surface area contributed by atoms with E-state index in [0.717, 1.165) is 22.7 Å². The van der Waals surface area contributed by atoms with Gasteiger partial charge >= 0.3 is 0 Å². The first kappa shape index (κ1) is 16.4. The van der Waals surface area contributed by atoms with Crippen LogP contribution >= 0.6 is 11.6 Å². The Morgan fingerprint density at radius 3 is 2.62 bits per heavy atom. The lowest BCUT2D eigenvalue weighted by Crippen LogP contribution is -2.01. The van der Waals surface area contributed by atoms with E-state index >= 15 is 0 Å². The van der Waals surface area contributed by atoms with Gasteiger partial charge in [0.05, 0.1) is 16.7 Å². The van der Waals surface area contributed by atoms with Crippen molar-refractivity contribution in [1.82, 2.24) is 14.5 Å². The van der Waals surface area contributed by atoms with Gasteiger partial charge in [0.1, 0.15) is 17.2 Å². The lowest BCUT2D eigenvalue weighted by Gasteiger charge is -2.10. The summed E-state index contributed by atoms with van der Waals surface area (Å²) in [5, 5.41) is 6.32. The maximum Gasteiger partial charge on any atom is 0.208 e. The van der Waals surface area contributed by atoms with Crippen molar-refractivity contribution in [3.8, 4) is 5.69 Å². The quantitative estimate of drug-likeness (QED) is 0.533.